The molecular formula is C21H34O2. The second kappa shape index (κ2) is 18.6. The van der Waals surface area contributed by atoms with Gasteiger partial charge in [-0.2, -0.15) is 0 Å². The lowest BCUT2D eigenvalue weighted by Crippen LogP contribution is -1.85. The number of carboxylic acid groups (broad SMARTS) is 1. The van der Waals surface area contributed by atoms with Gasteiger partial charge in [0.2, 0.25) is 0 Å². The third-order valence-corrected chi connectivity index (χ3v) is 3.98. The van der Waals surface area contributed by atoms with Crippen LogP contribution in [0.2, 0.25) is 0 Å². The van der Waals surface area contributed by atoms with Crippen molar-refractivity contribution >= 4 is 5.97 Å². The average molecular weight is 319 g/mol. The van der Waals surface area contributed by atoms with E-state index in [9.17, 15) is 4.79 Å². The highest BCUT2D eigenvalue weighted by molar-refractivity contribution is 5.87. The summed E-state index contributed by atoms with van der Waals surface area (Å²) in [6.07, 6.45) is 19.8. The predicted molar refractivity (Wildman–Crippen MR) is 98.1 cm³/mol. The monoisotopic (exact) mass is 318 g/mol. The lowest BCUT2D eigenvalue weighted by atomic mass is 10.0. The summed E-state index contributed by atoms with van der Waals surface area (Å²) >= 11 is 0. The smallest absolute Gasteiger partial charge is 0.382 e. The third kappa shape index (κ3) is 20.6. The van der Waals surface area contributed by atoms with E-state index in [0.717, 1.165) is 12.8 Å². The van der Waals surface area contributed by atoms with Gasteiger partial charge in [0.1, 0.15) is 0 Å². The molecule has 0 fully saturated rings. The maximum atomic E-state index is 10.1. The molecule has 1 N–H and O–H groups in total. The zero-order valence-corrected chi connectivity index (χ0v) is 15.0. The lowest BCUT2D eigenvalue weighted by molar-refractivity contribution is -0.130. The summed E-state index contributed by atoms with van der Waals surface area (Å²) in [6.45, 7) is 2.27. The van der Waals surface area contributed by atoms with Crippen molar-refractivity contribution in [3.05, 3.63) is 0 Å². The van der Waals surface area contributed by atoms with Gasteiger partial charge in [-0.05, 0) is 18.3 Å². The lowest BCUT2D eigenvalue weighted by Gasteiger charge is -2.02. The molecule has 0 aromatic rings. The van der Waals surface area contributed by atoms with Gasteiger partial charge in [0.05, 0.1) is 0 Å². The van der Waals surface area contributed by atoms with Crippen LogP contribution >= 0.6 is 0 Å². The van der Waals surface area contributed by atoms with E-state index in [2.05, 4.69) is 24.7 Å². The first kappa shape index (κ1) is 21.6. The van der Waals surface area contributed by atoms with Crippen LogP contribution in [0.1, 0.15) is 103 Å². The molecule has 23 heavy (non-hydrogen) atoms. The van der Waals surface area contributed by atoms with Crippen molar-refractivity contribution in [2.45, 2.75) is 103 Å². The minimum Gasteiger partial charge on any atom is -0.472 e. The molecule has 0 unspecified atom stereocenters. The van der Waals surface area contributed by atoms with E-state index in [4.69, 9.17) is 5.11 Å². The summed E-state index contributed by atoms with van der Waals surface area (Å²) in [5.41, 5.74) is 0. The molecular weight excluding hydrogens is 284 g/mol. The van der Waals surface area contributed by atoms with Crippen LogP contribution in [-0.2, 0) is 4.79 Å². The molecule has 0 aromatic heterocycles. The first-order valence-electron chi connectivity index (χ1n) is 9.49. The molecule has 0 aromatic carbocycles. The molecule has 130 valence electrons. The zero-order valence-electron chi connectivity index (χ0n) is 15.0. The van der Waals surface area contributed by atoms with Crippen molar-refractivity contribution in [2.24, 2.45) is 0 Å². The molecule has 0 aliphatic rings. The highest BCUT2D eigenvalue weighted by Gasteiger charge is 1.93. The summed E-state index contributed by atoms with van der Waals surface area (Å²) in [5, 5.41) is 8.31. The Morgan fingerprint density at radius 2 is 1.13 bits per heavy atom. The summed E-state index contributed by atoms with van der Waals surface area (Å²) in [4.78, 5) is 10.1. The average Bonchev–Trinajstić information content (AvgIpc) is 2.53. The van der Waals surface area contributed by atoms with Crippen molar-refractivity contribution in [3.8, 4) is 23.7 Å². The molecule has 0 amide bonds. The molecule has 0 saturated carbocycles. The van der Waals surface area contributed by atoms with Gasteiger partial charge in [0.15, 0.2) is 0 Å². The van der Waals surface area contributed by atoms with E-state index in [1.807, 2.05) is 5.92 Å². The van der Waals surface area contributed by atoms with Crippen LogP contribution in [-0.4, -0.2) is 11.1 Å². The maximum Gasteiger partial charge on any atom is 0.382 e. The topological polar surface area (TPSA) is 37.3 Å². The summed E-state index contributed by atoms with van der Waals surface area (Å²) in [5.74, 6) is 8.67. The number of hydrogen-bond acceptors (Lipinski definition) is 1. The molecule has 2 heteroatoms. The number of rotatable bonds is 14. The first-order valence-corrected chi connectivity index (χ1v) is 9.49. The Morgan fingerprint density at radius 1 is 0.696 bits per heavy atom. The van der Waals surface area contributed by atoms with Gasteiger partial charge < -0.3 is 5.11 Å². The Balaban J connectivity index is 3.14. The van der Waals surface area contributed by atoms with Crippen LogP contribution in [0.4, 0.5) is 0 Å². The highest BCUT2D eigenvalue weighted by Crippen LogP contribution is 2.13. The number of carboxylic acids is 1. The molecule has 0 aliphatic carbocycles. The van der Waals surface area contributed by atoms with Crippen LogP contribution in [0.5, 0.6) is 0 Å². The van der Waals surface area contributed by atoms with Gasteiger partial charge in [0, 0.05) is 12.3 Å². The van der Waals surface area contributed by atoms with Crippen LogP contribution in [0, 0.1) is 23.7 Å². The Hall–Kier alpha value is -1.41. The SMILES string of the molecule is CCCCCCCCCCCCCCCCC#CC#CC(=O)O. The largest absolute Gasteiger partial charge is 0.472 e. The van der Waals surface area contributed by atoms with Crippen molar-refractivity contribution < 1.29 is 9.90 Å². The summed E-state index contributed by atoms with van der Waals surface area (Å²) in [7, 11) is 0. The third-order valence-electron chi connectivity index (χ3n) is 3.98. The van der Waals surface area contributed by atoms with Gasteiger partial charge in [-0.1, -0.05) is 96.3 Å². The fraction of sp³-hybridized carbons (Fsp3) is 0.762. The van der Waals surface area contributed by atoms with Crippen molar-refractivity contribution in [1.29, 1.82) is 0 Å². The molecule has 0 saturated heterocycles. The number of unbranched alkanes of at least 4 members (excludes halogenated alkanes) is 14. The number of carbonyl (C=O) groups is 1. The standard InChI is InChI=1S/C21H34O2/c1-2-3-4-5-6-7-8-9-10-11-12-13-14-15-16-17-18-19-20-21(22)23/h2-16H2,1H3,(H,22,23). The molecule has 2 nitrogen and oxygen atoms in total. The number of hydrogen-bond donors (Lipinski definition) is 1. The second-order valence-corrected chi connectivity index (χ2v) is 6.20. The van der Waals surface area contributed by atoms with E-state index < -0.39 is 5.97 Å². The van der Waals surface area contributed by atoms with Crippen LogP contribution in [0.15, 0.2) is 0 Å². The van der Waals surface area contributed by atoms with E-state index in [1.165, 1.54) is 83.5 Å². The maximum absolute atomic E-state index is 10.1. The van der Waals surface area contributed by atoms with Crippen LogP contribution in [0.3, 0.4) is 0 Å². The number of aliphatic carboxylic acids is 1. The van der Waals surface area contributed by atoms with Gasteiger partial charge in [-0.15, -0.1) is 0 Å². The van der Waals surface area contributed by atoms with Crippen molar-refractivity contribution in [3.63, 3.8) is 0 Å². The quantitative estimate of drug-likeness (QED) is 0.317. The molecule has 0 rings (SSSR count). The second-order valence-electron chi connectivity index (χ2n) is 6.20. The Kier molecular flexibility index (Phi) is 17.5. The predicted octanol–water partition coefficient (Wildman–Crippen LogP) is 5.95. The molecule has 0 atom stereocenters. The minimum absolute atomic E-state index is 0.826. The fourth-order valence-electron chi connectivity index (χ4n) is 2.60. The summed E-state index contributed by atoms with van der Waals surface area (Å²) in [6, 6.07) is 0. The molecule has 0 heterocycles. The fourth-order valence-corrected chi connectivity index (χ4v) is 2.60. The first-order chi connectivity index (χ1) is 11.3. The van der Waals surface area contributed by atoms with Gasteiger partial charge in [0.25, 0.3) is 0 Å². The van der Waals surface area contributed by atoms with Crippen molar-refractivity contribution in [2.75, 3.05) is 0 Å². The van der Waals surface area contributed by atoms with E-state index >= 15 is 0 Å². The minimum atomic E-state index is -1.12. The van der Waals surface area contributed by atoms with Crippen LogP contribution < -0.4 is 0 Å². The van der Waals surface area contributed by atoms with E-state index in [0.29, 0.717) is 0 Å². The highest BCUT2D eigenvalue weighted by atomic mass is 16.4. The Morgan fingerprint density at radius 3 is 1.57 bits per heavy atom. The van der Waals surface area contributed by atoms with Gasteiger partial charge in [-0.3, -0.25) is 0 Å². The molecule has 0 aliphatic heterocycles. The normalized spacial score (nSPS) is 9.61. The van der Waals surface area contributed by atoms with Gasteiger partial charge in [-0.25, -0.2) is 4.79 Å². The molecule has 0 bridgehead atoms. The van der Waals surface area contributed by atoms with Crippen molar-refractivity contribution in [1.82, 2.24) is 0 Å². The Labute approximate surface area is 143 Å². The molecule has 0 radical (unpaired) electrons. The zero-order chi connectivity index (χ0) is 17.0. The van der Waals surface area contributed by atoms with E-state index in [1.54, 1.807) is 0 Å². The summed E-state index contributed by atoms with van der Waals surface area (Å²) < 4.78 is 0. The van der Waals surface area contributed by atoms with Crippen LogP contribution in [0.25, 0.3) is 0 Å². The van der Waals surface area contributed by atoms with Gasteiger partial charge >= 0.3 is 5.97 Å². The molecule has 0 spiro atoms. The van der Waals surface area contributed by atoms with E-state index in [-0.39, 0.29) is 0 Å². The Bertz CT molecular complexity index is 390.